The maximum atomic E-state index is 11.3. The Kier molecular flexibility index (Phi) is 5.41. The summed E-state index contributed by atoms with van der Waals surface area (Å²) in [5, 5.41) is 19.6. The first kappa shape index (κ1) is 15.4. The Balaban J connectivity index is 3.12. The first-order valence-corrected chi connectivity index (χ1v) is 5.90. The molecule has 0 radical (unpaired) electrons. The van der Waals surface area contributed by atoms with E-state index >= 15 is 0 Å². The van der Waals surface area contributed by atoms with Crippen molar-refractivity contribution < 1.29 is 14.5 Å². The van der Waals surface area contributed by atoms with Crippen molar-refractivity contribution in [3.8, 4) is 6.07 Å². The van der Waals surface area contributed by atoms with Gasteiger partial charge in [-0.3, -0.25) is 14.9 Å². The summed E-state index contributed by atoms with van der Waals surface area (Å²) in [5.74, 6) is -0.114. The van der Waals surface area contributed by atoms with Crippen LogP contribution in [0.2, 0.25) is 0 Å². The second-order valence-corrected chi connectivity index (χ2v) is 3.90. The highest BCUT2D eigenvalue weighted by molar-refractivity contribution is 5.75. The molecule has 0 spiro atoms. The van der Waals surface area contributed by atoms with E-state index in [-0.39, 0.29) is 17.9 Å². The third-order valence-electron chi connectivity index (χ3n) is 2.53. The van der Waals surface area contributed by atoms with Crippen LogP contribution in [0.4, 0.5) is 11.5 Å². The summed E-state index contributed by atoms with van der Waals surface area (Å²) in [7, 11) is 1.27. The zero-order valence-corrected chi connectivity index (χ0v) is 11.2. The van der Waals surface area contributed by atoms with Crippen molar-refractivity contribution in [3.05, 3.63) is 27.9 Å². The molecule has 0 aromatic carbocycles. The molecule has 1 heterocycles. The fraction of sp³-hybridized carbons (Fsp3) is 0.417. The second kappa shape index (κ2) is 7.04. The fourth-order valence-electron chi connectivity index (χ4n) is 1.61. The number of anilines is 1. The summed E-state index contributed by atoms with van der Waals surface area (Å²) < 4.78 is 4.59. The minimum Gasteiger partial charge on any atom is -0.468 e. The van der Waals surface area contributed by atoms with Gasteiger partial charge in [-0.1, -0.05) is 6.92 Å². The molecule has 0 saturated heterocycles. The summed E-state index contributed by atoms with van der Waals surface area (Å²) >= 11 is 0. The maximum Gasteiger partial charge on any atom is 0.325 e. The normalized spacial score (nSPS) is 9.65. The van der Waals surface area contributed by atoms with E-state index in [1.54, 1.807) is 11.0 Å². The first-order chi connectivity index (χ1) is 9.53. The number of nitriles is 1. The molecule has 0 bridgehead atoms. The van der Waals surface area contributed by atoms with Crippen LogP contribution in [-0.4, -0.2) is 36.1 Å². The van der Waals surface area contributed by atoms with E-state index in [4.69, 9.17) is 5.26 Å². The molecule has 0 unspecified atom stereocenters. The van der Waals surface area contributed by atoms with E-state index in [0.717, 1.165) is 6.42 Å². The summed E-state index contributed by atoms with van der Waals surface area (Å²) in [6, 6.07) is 4.31. The summed E-state index contributed by atoms with van der Waals surface area (Å²) in [4.78, 5) is 26.9. The van der Waals surface area contributed by atoms with Crippen molar-refractivity contribution in [2.45, 2.75) is 13.3 Å². The Hall–Kier alpha value is -2.69. The Morgan fingerprint density at radius 1 is 1.60 bits per heavy atom. The van der Waals surface area contributed by atoms with Crippen molar-refractivity contribution in [2.24, 2.45) is 0 Å². The molecule has 20 heavy (non-hydrogen) atoms. The number of aromatic nitrogens is 1. The highest BCUT2D eigenvalue weighted by atomic mass is 16.6. The summed E-state index contributed by atoms with van der Waals surface area (Å²) in [6.45, 7) is 2.41. The zero-order chi connectivity index (χ0) is 15.1. The summed E-state index contributed by atoms with van der Waals surface area (Å²) in [5.41, 5.74) is -0.635. The third kappa shape index (κ3) is 3.65. The molecule has 1 aromatic rings. The molecular formula is C12H14N4O4. The van der Waals surface area contributed by atoms with Crippen molar-refractivity contribution in [1.82, 2.24) is 4.98 Å². The number of methoxy groups -OCH3 is 1. The van der Waals surface area contributed by atoms with Gasteiger partial charge in [-0.2, -0.15) is 5.26 Å². The third-order valence-corrected chi connectivity index (χ3v) is 2.53. The molecule has 0 N–H and O–H groups in total. The highest BCUT2D eigenvalue weighted by Gasteiger charge is 2.19. The van der Waals surface area contributed by atoms with Gasteiger partial charge in [-0.05, 0) is 12.5 Å². The number of ether oxygens (including phenoxy) is 1. The van der Waals surface area contributed by atoms with Crippen LogP contribution in [0, 0.1) is 21.4 Å². The molecule has 0 aliphatic carbocycles. The number of nitro groups is 1. The van der Waals surface area contributed by atoms with Crippen molar-refractivity contribution in [2.75, 3.05) is 25.1 Å². The monoisotopic (exact) mass is 278 g/mol. The number of hydrogen-bond donors (Lipinski definition) is 0. The largest absolute Gasteiger partial charge is 0.468 e. The minimum absolute atomic E-state index is 0.0278. The molecule has 1 aromatic heterocycles. The smallest absolute Gasteiger partial charge is 0.325 e. The zero-order valence-electron chi connectivity index (χ0n) is 11.2. The van der Waals surface area contributed by atoms with E-state index in [1.165, 1.54) is 19.2 Å². The highest BCUT2D eigenvalue weighted by Crippen LogP contribution is 2.20. The summed E-state index contributed by atoms with van der Waals surface area (Å²) in [6.07, 6.45) is 0.748. The maximum absolute atomic E-state index is 11.3. The van der Waals surface area contributed by atoms with E-state index in [2.05, 4.69) is 9.72 Å². The molecule has 0 atom stereocenters. The SMILES string of the molecule is CCCN(CC(=O)OC)c1ccc([N+](=O)[O-])c(C#N)n1. The number of esters is 1. The van der Waals surface area contributed by atoms with Gasteiger partial charge in [-0.15, -0.1) is 0 Å². The van der Waals surface area contributed by atoms with Gasteiger partial charge in [-0.25, -0.2) is 4.98 Å². The van der Waals surface area contributed by atoms with E-state index in [0.29, 0.717) is 12.4 Å². The molecule has 106 valence electrons. The van der Waals surface area contributed by atoms with Crippen LogP contribution in [0.1, 0.15) is 19.0 Å². The van der Waals surface area contributed by atoms with Crippen molar-refractivity contribution in [1.29, 1.82) is 5.26 Å². The predicted octanol–water partition coefficient (Wildman–Crippen LogP) is 1.25. The van der Waals surface area contributed by atoms with Gasteiger partial charge in [0.1, 0.15) is 18.4 Å². The fourth-order valence-corrected chi connectivity index (χ4v) is 1.61. The predicted molar refractivity (Wildman–Crippen MR) is 70.1 cm³/mol. The molecule has 0 saturated carbocycles. The number of carbonyl (C=O) groups is 1. The Bertz CT molecular complexity index is 553. The molecule has 0 aliphatic heterocycles. The number of rotatable bonds is 6. The van der Waals surface area contributed by atoms with Crippen LogP contribution in [0.25, 0.3) is 0 Å². The van der Waals surface area contributed by atoms with Gasteiger partial charge in [0.15, 0.2) is 0 Å². The lowest BCUT2D eigenvalue weighted by Gasteiger charge is -2.21. The Morgan fingerprint density at radius 2 is 2.30 bits per heavy atom. The molecular weight excluding hydrogens is 264 g/mol. The van der Waals surface area contributed by atoms with E-state index in [9.17, 15) is 14.9 Å². The average molecular weight is 278 g/mol. The van der Waals surface area contributed by atoms with Crippen molar-refractivity contribution >= 4 is 17.5 Å². The topological polar surface area (TPSA) is 109 Å². The van der Waals surface area contributed by atoms with Crippen LogP contribution in [0.5, 0.6) is 0 Å². The standard InChI is InChI=1S/C12H14N4O4/c1-3-6-15(8-12(17)20-2)11-5-4-10(16(18)19)9(7-13)14-11/h4-5H,3,6,8H2,1-2H3. The lowest BCUT2D eigenvalue weighted by atomic mass is 10.3. The molecule has 0 aliphatic rings. The van der Waals surface area contributed by atoms with E-state index < -0.39 is 10.9 Å². The van der Waals surface area contributed by atoms with Gasteiger partial charge in [0.05, 0.1) is 12.0 Å². The molecule has 8 heteroatoms. The first-order valence-electron chi connectivity index (χ1n) is 5.90. The Morgan fingerprint density at radius 3 is 2.80 bits per heavy atom. The number of pyridine rings is 1. The molecule has 0 fully saturated rings. The minimum atomic E-state index is -0.667. The van der Waals surface area contributed by atoms with Gasteiger partial charge in [0.2, 0.25) is 5.69 Å². The Labute approximate surface area is 115 Å². The number of nitrogens with zero attached hydrogens (tertiary/aromatic N) is 4. The van der Waals surface area contributed by atoms with Gasteiger partial charge >= 0.3 is 11.7 Å². The van der Waals surface area contributed by atoms with Crippen LogP contribution in [-0.2, 0) is 9.53 Å². The second-order valence-electron chi connectivity index (χ2n) is 3.90. The van der Waals surface area contributed by atoms with Gasteiger partial charge < -0.3 is 9.64 Å². The van der Waals surface area contributed by atoms with Crippen LogP contribution >= 0.6 is 0 Å². The van der Waals surface area contributed by atoms with Crippen LogP contribution in [0.3, 0.4) is 0 Å². The number of hydrogen-bond acceptors (Lipinski definition) is 7. The lowest BCUT2D eigenvalue weighted by Crippen LogP contribution is -2.32. The lowest BCUT2D eigenvalue weighted by molar-refractivity contribution is -0.385. The quantitative estimate of drug-likeness (QED) is 0.437. The van der Waals surface area contributed by atoms with Crippen molar-refractivity contribution in [3.63, 3.8) is 0 Å². The molecule has 1 rings (SSSR count). The van der Waals surface area contributed by atoms with Gasteiger partial charge in [0, 0.05) is 12.6 Å². The average Bonchev–Trinajstić information content (AvgIpc) is 2.45. The van der Waals surface area contributed by atoms with Gasteiger partial charge in [0.25, 0.3) is 0 Å². The van der Waals surface area contributed by atoms with Crippen LogP contribution < -0.4 is 4.90 Å². The molecule has 8 nitrogen and oxygen atoms in total. The number of carbonyl (C=O) groups excluding carboxylic acids is 1. The van der Waals surface area contributed by atoms with Crippen LogP contribution in [0.15, 0.2) is 12.1 Å². The molecule has 0 amide bonds. The van der Waals surface area contributed by atoms with E-state index in [1.807, 2.05) is 6.92 Å².